The van der Waals surface area contributed by atoms with Gasteiger partial charge in [0.05, 0.1) is 19.1 Å². The summed E-state index contributed by atoms with van der Waals surface area (Å²) in [5, 5.41) is 55.2. The Morgan fingerprint density at radius 1 is 0.603 bits per heavy atom. The fourth-order valence-electron chi connectivity index (χ4n) is 7.49. The van der Waals surface area contributed by atoms with Crippen molar-refractivity contribution < 1.29 is 73.2 Å². The lowest BCUT2D eigenvalue weighted by atomic mass is 10.00. The van der Waals surface area contributed by atoms with Crippen molar-refractivity contribution in [3.8, 4) is 0 Å². The van der Waals surface area contributed by atoms with Crippen LogP contribution in [0.3, 0.4) is 0 Å². The molecule has 0 aromatic rings. The zero-order valence-electron chi connectivity index (χ0n) is 41.8. The van der Waals surface area contributed by atoms with Crippen molar-refractivity contribution in [2.45, 2.75) is 165 Å². The number of guanidine groups is 1. The molecule has 0 radical (unpaired) electrons. The monoisotopic (exact) mass is 1040 g/mol. The number of carboxylic acids is 3. The number of carbonyl (C=O) groups is 11. The number of hydrogen-bond acceptors (Lipinski definition) is 16. The van der Waals surface area contributed by atoms with E-state index in [1.165, 1.54) is 0 Å². The van der Waals surface area contributed by atoms with Gasteiger partial charge < -0.3 is 91.2 Å². The highest BCUT2D eigenvalue weighted by Crippen LogP contribution is 2.21. The second-order valence-electron chi connectivity index (χ2n) is 18.1. The number of unbranched alkanes of at least 4 members (excludes halogenated alkanes) is 2. The molecule has 0 spiro atoms. The molecule has 1 saturated heterocycles. The second-order valence-corrected chi connectivity index (χ2v) is 18.1. The molecule has 0 saturated carbocycles. The summed E-state index contributed by atoms with van der Waals surface area (Å²) >= 11 is 0. The quantitative estimate of drug-likeness (QED) is 0.0158. The van der Waals surface area contributed by atoms with E-state index in [-0.39, 0.29) is 83.0 Å². The van der Waals surface area contributed by atoms with E-state index in [0.29, 0.717) is 25.7 Å². The van der Waals surface area contributed by atoms with Gasteiger partial charge in [-0.05, 0) is 103 Å². The van der Waals surface area contributed by atoms with Crippen LogP contribution in [0.4, 0.5) is 0 Å². The number of carboxylic acid groups (broad SMARTS) is 3. The highest BCUT2D eigenvalue weighted by Gasteiger charge is 2.41. The van der Waals surface area contributed by atoms with Crippen molar-refractivity contribution in [2.24, 2.45) is 39.6 Å². The van der Waals surface area contributed by atoms with Gasteiger partial charge in [-0.3, -0.25) is 57.7 Å². The number of nitrogens with one attached hydrogen (secondary N) is 7. The molecule has 1 fully saturated rings. The normalized spacial score (nSPS) is 16.4. The van der Waals surface area contributed by atoms with Gasteiger partial charge in [-0.25, -0.2) is 0 Å². The van der Waals surface area contributed by atoms with Crippen molar-refractivity contribution >= 4 is 71.1 Å². The number of nitrogens with two attached hydrogens (primary N) is 5. The number of carbonyl (C=O) groups excluding carboxylic acids is 8. The number of aliphatic carboxylic acids is 3. The summed E-state index contributed by atoms with van der Waals surface area (Å²) in [5.41, 5.74) is 28.0. The first-order valence-corrected chi connectivity index (χ1v) is 24.3. The predicted octanol–water partition coefficient (Wildman–Crippen LogP) is -5.51. The number of amides is 8. The van der Waals surface area contributed by atoms with E-state index in [1.807, 2.05) is 0 Å². The fraction of sp³-hybridized carbons (Fsp3) is 0.727. The summed E-state index contributed by atoms with van der Waals surface area (Å²) in [6.45, 7) is 4.32. The molecule has 21 N–H and O–H groups in total. The molecule has 8 amide bonds. The van der Waals surface area contributed by atoms with Crippen molar-refractivity contribution in [2.75, 3.05) is 32.8 Å². The van der Waals surface area contributed by atoms with Gasteiger partial charge in [-0.2, -0.15) is 0 Å². The van der Waals surface area contributed by atoms with E-state index >= 15 is 0 Å². The molecule has 1 rings (SSSR count). The fourth-order valence-corrected chi connectivity index (χ4v) is 7.49. The Labute approximate surface area is 423 Å². The topological polar surface area (TPSA) is 499 Å². The lowest BCUT2D eigenvalue weighted by Gasteiger charge is -2.31. The molecule has 73 heavy (non-hydrogen) atoms. The third-order valence-electron chi connectivity index (χ3n) is 11.5. The Morgan fingerprint density at radius 3 is 1.60 bits per heavy atom. The number of aliphatic hydroxyl groups excluding tert-OH is 1. The Morgan fingerprint density at radius 2 is 1.11 bits per heavy atom. The first-order chi connectivity index (χ1) is 34.4. The molecule has 0 unspecified atom stereocenters. The lowest BCUT2D eigenvalue weighted by Crippen LogP contribution is -2.60. The minimum atomic E-state index is -1.75. The Balaban J connectivity index is 3.42. The Bertz CT molecular complexity index is 1920. The largest absolute Gasteiger partial charge is 0.481 e. The summed E-state index contributed by atoms with van der Waals surface area (Å²) in [7, 11) is 0. The summed E-state index contributed by atoms with van der Waals surface area (Å²) in [6.07, 6.45) is 0.0416. The Kier molecular flexibility index (Phi) is 29.8. The summed E-state index contributed by atoms with van der Waals surface area (Å²) in [4.78, 5) is 149. The highest BCUT2D eigenvalue weighted by atomic mass is 16.4. The summed E-state index contributed by atoms with van der Waals surface area (Å²) in [6, 6.07) is -12.8. The minimum Gasteiger partial charge on any atom is -0.481 e. The maximum Gasteiger partial charge on any atom is 0.325 e. The molecule has 1 aliphatic rings. The molecule has 1 aliphatic heterocycles. The number of likely N-dealkylation sites (tertiary alicyclic amines) is 1. The predicted molar refractivity (Wildman–Crippen MR) is 261 cm³/mol. The van der Waals surface area contributed by atoms with Crippen molar-refractivity contribution in [3.63, 3.8) is 0 Å². The minimum absolute atomic E-state index is 0.0132. The van der Waals surface area contributed by atoms with Gasteiger partial charge in [0.2, 0.25) is 47.3 Å². The first-order valence-electron chi connectivity index (χ1n) is 24.3. The van der Waals surface area contributed by atoms with Crippen LogP contribution in [0.2, 0.25) is 0 Å². The van der Waals surface area contributed by atoms with Crippen LogP contribution >= 0.6 is 0 Å². The number of aliphatic hydroxyl groups is 1. The third-order valence-corrected chi connectivity index (χ3v) is 11.5. The molecule has 29 heteroatoms. The van der Waals surface area contributed by atoms with Crippen molar-refractivity contribution in [3.05, 3.63) is 0 Å². The van der Waals surface area contributed by atoms with E-state index in [9.17, 15) is 73.2 Å². The van der Waals surface area contributed by atoms with Crippen LogP contribution in [-0.2, 0) is 52.7 Å². The SMILES string of the molecule is CC(C)C[C@H](NC(=O)[C@H](CCCCN)NC(=O)[C@H](CO)NC(=O)[C@@H](N)CCCN=C(N)N)C(=O)N[C@@H](CCCCN)C(=O)N[C@@H](CCC(=O)O)C(=O)N1CCC[C@H]1C(=O)N[C@@H](CC(=O)O)C(=O)N[C@@H](C)C(=O)O. The number of aliphatic imine (C=N–C) groups is 1. The van der Waals surface area contributed by atoms with E-state index in [2.05, 4.69) is 42.2 Å². The smallest absolute Gasteiger partial charge is 0.325 e. The second kappa shape index (κ2) is 33.8. The number of hydrogen-bond donors (Lipinski definition) is 16. The first kappa shape index (κ1) is 64.3. The third kappa shape index (κ3) is 24.5. The van der Waals surface area contributed by atoms with E-state index < -0.39 is 145 Å². The van der Waals surface area contributed by atoms with Crippen LogP contribution in [0, 0.1) is 5.92 Å². The van der Waals surface area contributed by atoms with Gasteiger partial charge in [0, 0.05) is 19.5 Å². The molecule has 29 nitrogen and oxygen atoms in total. The average molecular weight is 1040 g/mol. The standard InChI is InChI=1S/C44H78N14O15/c1-23(2)20-29(55-37(66)27(12-5-7-17-46)53-40(69)31(22-59)57-35(64)25(47)10-8-18-50-44(48)49)39(68)52-26(11-4-6-16-45)36(65)54-28(14-15-33(60)61)42(71)58-19-9-13-32(58)41(70)56-30(21-34(62)63)38(67)51-24(3)43(72)73/h23-32,59H,4-22,45-47H2,1-3H3,(H,51,67)(H,52,68)(H,53,69)(H,54,65)(H,55,66)(H,56,70)(H,57,64)(H,60,61)(H,62,63)(H,72,73)(H4,48,49,50)/t24-,25-,26-,27-,28-,29-,30-,31-,32-/m0/s1. The lowest BCUT2D eigenvalue weighted by molar-refractivity contribution is -0.145. The highest BCUT2D eigenvalue weighted by molar-refractivity contribution is 5.99. The van der Waals surface area contributed by atoms with E-state index in [4.69, 9.17) is 28.7 Å². The molecule has 9 atom stereocenters. The van der Waals surface area contributed by atoms with Crippen LogP contribution in [0.25, 0.3) is 0 Å². The maximum absolute atomic E-state index is 14.2. The molecule has 0 aromatic heterocycles. The number of rotatable bonds is 36. The van der Waals surface area contributed by atoms with E-state index in [0.717, 1.165) is 11.8 Å². The summed E-state index contributed by atoms with van der Waals surface area (Å²) < 4.78 is 0. The van der Waals surface area contributed by atoms with Gasteiger partial charge in [-0.1, -0.05) is 13.8 Å². The van der Waals surface area contributed by atoms with Crippen LogP contribution < -0.4 is 65.9 Å². The van der Waals surface area contributed by atoms with Gasteiger partial charge >= 0.3 is 17.9 Å². The zero-order valence-corrected chi connectivity index (χ0v) is 41.8. The molecule has 0 aromatic carbocycles. The van der Waals surface area contributed by atoms with Crippen molar-refractivity contribution in [1.82, 2.24) is 42.1 Å². The molecular weight excluding hydrogens is 965 g/mol. The van der Waals surface area contributed by atoms with Gasteiger partial charge in [0.25, 0.3) is 0 Å². The van der Waals surface area contributed by atoms with E-state index in [1.54, 1.807) is 13.8 Å². The molecule has 0 aliphatic carbocycles. The molecule has 0 bridgehead atoms. The molecular formula is C44H78N14O15. The van der Waals surface area contributed by atoms with Crippen LogP contribution in [0.1, 0.15) is 111 Å². The zero-order chi connectivity index (χ0) is 55.4. The molecule has 1 heterocycles. The summed E-state index contributed by atoms with van der Waals surface area (Å²) in [5.74, 6) is -12.0. The average Bonchev–Trinajstić information content (AvgIpc) is 3.82. The number of nitrogens with zero attached hydrogens (tertiary/aromatic N) is 2. The Hall–Kier alpha value is -6.72. The van der Waals surface area contributed by atoms with Gasteiger partial charge in [0.15, 0.2) is 5.96 Å². The van der Waals surface area contributed by atoms with Crippen LogP contribution in [0.5, 0.6) is 0 Å². The van der Waals surface area contributed by atoms with Gasteiger partial charge in [-0.15, -0.1) is 0 Å². The molecule has 414 valence electrons. The van der Waals surface area contributed by atoms with Crippen LogP contribution in [0.15, 0.2) is 4.99 Å². The van der Waals surface area contributed by atoms with Crippen molar-refractivity contribution in [1.29, 1.82) is 0 Å². The van der Waals surface area contributed by atoms with Gasteiger partial charge in [0.1, 0.15) is 48.3 Å². The van der Waals surface area contributed by atoms with Crippen LogP contribution in [-0.4, -0.2) is 184 Å². The maximum atomic E-state index is 14.2.